The van der Waals surface area contributed by atoms with Crippen molar-refractivity contribution in [2.24, 2.45) is 0 Å². The molecule has 3 heterocycles. The maximum Gasteiger partial charge on any atom is 0.276 e. The molecule has 140 valence electrons. The predicted octanol–water partition coefficient (Wildman–Crippen LogP) is 3.53. The molecule has 3 aromatic rings. The lowest BCUT2D eigenvalue weighted by atomic mass is 10.2. The summed E-state index contributed by atoms with van der Waals surface area (Å²) in [7, 11) is -3.05. The van der Waals surface area contributed by atoms with Crippen LogP contribution in [0.3, 0.4) is 0 Å². The first-order chi connectivity index (χ1) is 12.9. The monoisotopic (exact) mass is 401 g/mol. The highest BCUT2D eigenvalue weighted by molar-refractivity contribution is 7.91. The second kappa shape index (κ2) is 6.94. The van der Waals surface area contributed by atoms with E-state index in [0.29, 0.717) is 12.1 Å². The van der Waals surface area contributed by atoms with E-state index in [-0.39, 0.29) is 29.1 Å². The number of thiophene rings is 1. The summed E-state index contributed by atoms with van der Waals surface area (Å²) in [5.41, 5.74) is 2.87. The molecule has 0 unspecified atom stereocenters. The van der Waals surface area contributed by atoms with E-state index in [2.05, 4.69) is 10.4 Å². The van der Waals surface area contributed by atoms with Crippen LogP contribution in [-0.2, 0) is 9.84 Å². The number of aromatic nitrogens is 2. The Bertz CT molecular complexity index is 1070. The fraction of sp³-hybridized carbons (Fsp3) is 0.263. The highest BCUT2D eigenvalue weighted by atomic mass is 32.2. The third-order valence-corrected chi connectivity index (χ3v) is 7.25. The van der Waals surface area contributed by atoms with Crippen LogP contribution in [0.1, 0.15) is 28.5 Å². The molecule has 1 atom stereocenters. The van der Waals surface area contributed by atoms with Crippen LogP contribution in [0.15, 0.2) is 47.8 Å². The lowest BCUT2D eigenvalue weighted by Crippen LogP contribution is -2.16. The topological polar surface area (TPSA) is 81.1 Å². The smallest absolute Gasteiger partial charge is 0.276 e. The van der Waals surface area contributed by atoms with Crippen LogP contribution in [0.25, 0.3) is 10.6 Å². The predicted molar refractivity (Wildman–Crippen MR) is 107 cm³/mol. The average molecular weight is 402 g/mol. The minimum atomic E-state index is -3.05. The molecule has 0 radical (unpaired) electrons. The maximum atomic E-state index is 12.7. The van der Waals surface area contributed by atoms with Crippen molar-refractivity contribution in [2.75, 3.05) is 16.8 Å². The lowest BCUT2D eigenvalue weighted by Gasteiger charge is -2.12. The third-order valence-electron chi connectivity index (χ3n) is 4.61. The molecular formula is C19H19N3O3S2. The number of nitrogens with one attached hydrogen (secondary N) is 1. The van der Waals surface area contributed by atoms with E-state index in [1.807, 2.05) is 48.7 Å². The quantitative estimate of drug-likeness (QED) is 0.725. The number of amides is 1. The van der Waals surface area contributed by atoms with Gasteiger partial charge in [0.05, 0.1) is 28.1 Å². The van der Waals surface area contributed by atoms with E-state index >= 15 is 0 Å². The molecule has 0 bridgehead atoms. The number of rotatable bonds is 4. The van der Waals surface area contributed by atoms with Crippen molar-refractivity contribution < 1.29 is 13.2 Å². The summed E-state index contributed by atoms with van der Waals surface area (Å²) in [6, 6.07) is 12.9. The molecule has 1 fully saturated rings. The number of benzene rings is 1. The number of sulfone groups is 1. The van der Waals surface area contributed by atoms with Crippen molar-refractivity contribution in [3.05, 3.63) is 59.1 Å². The molecule has 0 spiro atoms. The molecular weight excluding hydrogens is 382 g/mol. The first kappa shape index (κ1) is 17.9. The second-order valence-electron chi connectivity index (χ2n) is 6.71. The lowest BCUT2D eigenvalue weighted by molar-refractivity contribution is 0.102. The largest absolute Gasteiger partial charge is 0.321 e. The Morgan fingerprint density at radius 1 is 1.26 bits per heavy atom. The molecule has 1 amide bonds. The number of anilines is 1. The van der Waals surface area contributed by atoms with Gasteiger partial charge in [0.25, 0.3) is 5.91 Å². The van der Waals surface area contributed by atoms with Gasteiger partial charge < -0.3 is 5.32 Å². The van der Waals surface area contributed by atoms with Gasteiger partial charge >= 0.3 is 0 Å². The minimum Gasteiger partial charge on any atom is -0.321 e. The number of carbonyl (C=O) groups excluding carboxylic acids is 1. The first-order valence-electron chi connectivity index (χ1n) is 8.63. The number of nitrogens with zero attached hydrogens (tertiary/aromatic N) is 2. The average Bonchev–Trinajstić information content (AvgIpc) is 3.35. The van der Waals surface area contributed by atoms with Gasteiger partial charge in [-0.3, -0.25) is 9.48 Å². The van der Waals surface area contributed by atoms with Gasteiger partial charge in [-0.25, -0.2) is 8.42 Å². The van der Waals surface area contributed by atoms with Crippen molar-refractivity contribution in [3.63, 3.8) is 0 Å². The van der Waals surface area contributed by atoms with E-state index in [1.165, 1.54) is 11.3 Å². The van der Waals surface area contributed by atoms with Gasteiger partial charge in [-0.05, 0) is 43.0 Å². The van der Waals surface area contributed by atoms with E-state index in [4.69, 9.17) is 0 Å². The highest BCUT2D eigenvalue weighted by Gasteiger charge is 2.32. The summed E-state index contributed by atoms with van der Waals surface area (Å²) in [5.74, 6) is -0.0884. The van der Waals surface area contributed by atoms with Gasteiger partial charge in [-0.1, -0.05) is 23.8 Å². The van der Waals surface area contributed by atoms with Gasteiger partial charge in [0.2, 0.25) is 0 Å². The standard InChI is InChI=1S/C19H19N3O3S2/c1-13-4-6-14(7-5-13)20-19(23)16-11-17(18-3-2-9-26-18)22(21-16)15-8-10-27(24,25)12-15/h2-7,9,11,15H,8,10,12H2,1H3,(H,20,23)/t15-/m0/s1. The Morgan fingerprint density at radius 2 is 2.04 bits per heavy atom. The van der Waals surface area contributed by atoms with Crippen molar-refractivity contribution in [2.45, 2.75) is 19.4 Å². The van der Waals surface area contributed by atoms with Crippen LogP contribution >= 0.6 is 11.3 Å². The van der Waals surface area contributed by atoms with E-state index in [0.717, 1.165) is 16.1 Å². The van der Waals surface area contributed by atoms with Crippen LogP contribution in [0.2, 0.25) is 0 Å². The van der Waals surface area contributed by atoms with Crippen molar-refractivity contribution in [1.82, 2.24) is 9.78 Å². The number of carbonyl (C=O) groups is 1. The molecule has 4 rings (SSSR count). The second-order valence-corrected chi connectivity index (χ2v) is 9.89. The van der Waals surface area contributed by atoms with Crippen LogP contribution in [0, 0.1) is 6.92 Å². The molecule has 27 heavy (non-hydrogen) atoms. The van der Waals surface area contributed by atoms with Crippen LogP contribution in [0.5, 0.6) is 0 Å². The fourth-order valence-corrected chi connectivity index (χ4v) is 5.62. The molecule has 8 heteroatoms. The molecule has 2 aromatic heterocycles. The summed E-state index contributed by atoms with van der Waals surface area (Å²) in [6.45, 7) is 1.98. The molecule has 6 nitrogen and oxygen atoms in total. The fourth-order valence-electron chi connectivity index (χ4n) is 3.19. The Labute approximate surface area is 161 Å². The Balaban J connectivity index is 1.66. The van der Waals surface area contributed by atoms with Crippen molar-refractivity contribution in [3.8, 4) is 10.6 Å². The van der Waals surface area contributed by atoms with Crippen molar-refractivity contribution in [1.29, 1.82) is 0 Å². The minimum absolute atomic E-state index is 0.0616. The molecule has 1 N–H and O–H groups in total. The zero-order valence-corrected chi connectivity index (χ0v) is 16.4. The Kier molecular flexibility index (Phi) is 4.61. The SMILES string of the molecule is Cc1ccc(NC(=O)c2cc(-c3cccs3)n([C@H]3CCS(=O)(=O)C3)n2)cc1. The molecule has 0 saturated carbocycles. The number of hydrogen-bond donors (Lipinski definition) is 1. The van der Waals surface area contributed by atoms with Gasteiger partial charge in [-0.15, -0.1) is 11.3 Å². The van der Waals surface area contributed by atoms with Crippen LogP contribution < -0.4 is 5.32 Å². The molecule has 1 aliphatic rings. The van der Waals surface area contributed by atoms with Crippen LogP contribution in [0.4, 0.5) is 5.69 Å². The summed E-state index contributed by atoms with van der Waals surface area (Å²) in [6.07, 6.45) is 0.515. The number of aryl methyl sites for hydroxylation is 1. The van der Waals surface area contributed by atoms with E-state index in [1.54, 1.807) is 10.7 Å². The summed E-state index contributed by atoms with van der Waals surface area (Å²) >= 11 is 1.54. The normalized spacial score (nSPS) is 18.5. The molecule has 1 aromatic carbocycles. The highest BCUT2D eigenvalue weighted by Crippen LogP contribution is 2.32. The van der Waals surface area contributed by atoms with Gasteiger partial charge in [-0.2, -0.15) is 5.10 Å². The van der Waals surface area contributed by atoms with Crippen molar-refractivity contribution >= 4 is 32.8 Å². The molecule has 1 saturated heterocycles. The summed E-state index contributed by atoms with van der Waals surface area (Å²) < 4.78 is 25.5. The van der Waals surface area contributed by atoms with E-state index < -0.39 is 9.84 Å². The zero-order valence-electron chi connectivity index (χ0n) is 14.8. The van der Waals surface area contributed by atoms with Gasteiger partial charge in [0, 0.05) is 5.69 Å². The Morgan fingerprint density at radius 3 is 2.67 bits per heavy atom. The van der Waals surface area contributed by atoms with E-state index in [9.17, 15) is 13.2 Å². The van der Waals surface area contributed by atoms with Gasteiger partial charge in [0.1, 0.15) is 0 Å². The molecule has 1 aliphatic heterocycles. The molecule has 0 aliphatic carbocycles. The Hall–Kier alpha value is -2.45. The first-order valence-corrected chi connectivity index (χ1v) is 11.3. The third kappa shape index (κ3) is 3.81. The van der Waals surface area contributed by atoms with Crippen LogP contribution in [-0.4, -0.2) is 35.6 Å². The summed E-state index contributed by atoms with van der Waals surface area (Å²) in [5, 5.41) is 9.27. The summed E-state index contributed by atoms with van der Waals surface area (Å²) in [4.78, 5) is 13.6. The zero-order chi connectivity index (χ0) is 19.0. The van der Waals surface area contributed by atoms with Gasteiger partial charge in [0.15, 0.2) is 15.5 Å². The number of hydrogen-bond acceptors (Lipinski definition) is 5. The maximum absolute atomic E-state index is 12.7.